The molecule has 1 fully saturated rings. The van der Waals surface area contributed by atoms with Gasteiger partial charge in [-0.3, -0.25) is 9.59 Å². The van der Waals surface area contributed by atoms with Gasteiger partial charge in [0.25, 0.3) is 5.91 Å². The van der Waals surface area contributed by atoms with E-state index in [4.69, 9.17) is 11.6 Å². The lowest BCUT2D eigenvalue weighted by Gasteiger charge is -2.14. The van der Waals surface area contributed by atoms with Crippen LogP contribution in [0.25, 0.3) is 0 Å². The van der Waals surface area contributed by atoms with Crippen LogP contribution in [0.4, 0.5) is 0 Å². The third-order valence-corrected chi connectivity index (χ3v) is 5.01. The van der Waals surface area contributed by atoms with E-state index in [1.165, 1.54) is 0 Å². The van der Waals surface area contributed by atoms with E-state index in [-0.39, 0.29) is 17.9 Å². The number of halogens is 1. The molecule has 1 heterocycles. The number of hydrogen-bond donors (Lipinski definition) is 2. The van der Waals surface area contributed by atoms with Crippen LogP contribution < -0.4 is 10.7 Å². The molecular weight excluding hydrogens is 386 g/mol. The zero-order valence-electron chi connectivity index (χ0n) is 15.5. The lowest BCUT2D eigenvalue weighted by Crippen LogP contribution is -2.42. The Morgan fingerprint density at radius 3 is 2.21 bits per heavy atom. The molecule has 3 aromatic carbocycles. The smallest absolute Gasteiger partial charge is 0.304 e. The second-order valence-corrected chi connectivity index (χ2v) is 7.17. The van der Waals surface area contributed by atoms with Gasteiger partial charge in [0.05, 0.1) is 0 Å². The molecular formula is C23H19ClN3O2+. The first kappa shape index (κ1) is 18.9. The van der Waals surface area contributed by atoms with Gasteiger partial charge in [-0.25, -0.2) is 0 Å². The third kappa shape index (κ3) is 4.20. The van der Waals surface area contributed by atoms with Crippen LogP contribution in [-0.2, 0) is 4.79 Å². The highest BCUT2D eigenvalue weighted by Crippen LogP contribution is 2.25. The molecule has 0 radical (unpaired) electrons. The highest BCUT2D eigenvalue weighted by atomic mass is 35.5. The number of carbonyl (C=O) groups is 2. The fourth-order valence-corrected chi connectivity index (χ4v) is 3.48. The predicted octanol–water partition coefficient (Wildman–Crippen LogP) is 3.36. The van der Waals surface area contributed by atoms with E-state index in [2.05, 4.69) is 10.7 Å². The molecule has 0 bridgehead atoms. The van der Waals surface area contributed by atoms with Crippen LogP contribution >= 0.6 is 11.6 Å². The van der Waals surface area contributed by atoms with Crippen molar-refractivity contribution in [1.82, 2.24) is 10.7 Å². The number of amides is 2. The summed E-state index contributed by atoms with van der Waals surface area (Å²) in [5, 5.41) is 3.42. The van der Waals surface area contributed by atoms with Crippen molar-refractivity contribution in [1.29, 1.82) is 0 Å². The van der Waals surface area contributed by atoms with Gasteiger partial charge in [0.1, 0.15) is 0 Å². The van der Waals surface area contributed by atoms with Crippen molar-refractivity contribution in [3.8, 4) is 0 Å². The van der Waals surface area contributed by atoms with E-state index in [9.17, 15) is 9.59 Å². The van der Waals surface area contributed by atoms with E-state index < -0.39 is 6.04 Å². The Kier molecular flexibility index (Phi) is 5.40. The van der Waals surface area contributed by atoms with E-state index in [1.807, 2.05) is 66.9 Å². The van der Waals surface area contributed by atoms with Gasteiger partial charge < -0.3 is 5.32 Å². The number of carbonyl (C=O) groups excluding carboxylic acids is 2. The van der Waals surface area contributed by atoms with Crippen LogP contribution in [0.2, 0.25) is 5.02 Å². The Morgan fingerprint density at radius 1 is 0.931 bits per heavy atom. The average molecular weight is 405 g/mol. The number of nitrogens with zero attached hydrogens (tertiary/aromatic N) is 1. The summed E-state index contributed by atoms with van der Waals surface area (Å²) in [7, 11) is 0. The number of hydrogen-bond acceptors (Lipinski definition) is 2. The topological polar surface area (TPSA) is 61.2 Å². The number of nitrogens with one attached hydrogen (secondary N) is 2. The van der Waals surface area contributed by atoms with E-state index in [0.717, 1.165) is 11.1 Å². The van der Waals surface area contributed by atoms with Gasteiger partial charge in [0, 0.05) is 21.7 Å². The Labute approximate surface area is 173 Å². The zero-order chi connectivity index (χ0) is 20.2. The van der Waals surface area contributed by atoms with Gasteiger partial charge in [-0.05, 0) is 36.4 Å². The number of hydrazine groups is 1. The maximum atomic E-state index is 12.8. The Morgan fingerprint density at radius 2 is 1.55 bits per heavy atom. The van der Waals surface area contributed by atoms with Crippen LogP contribution in [-0.4, -0.2) is 28.8 Å². The minimum atomic E-state index is -0.749. The molecule has 2 N–H and O–H groups in total. The monoisotopic (exact) mass is 404 g/mol. The maximum Gasteiger partial charge on any atom is 0.304 e. The summed E-state index contributed by atoms with van der Waals surface area (Å²) in [5.74, 6) is -0.599. The number of hydrazone groups is 1. The van der Waals surface area contributed by atoms with Gasteiger partial charge in [0.2, 0.25) is 12.3 Å². The molecule has 0 saturated carbocycles. The molecule has 4 rings (SSSR count). The first-order chi connectivity index (χ1) is 14.1. The zero-order valence-corrected chi connectivity index (χ0v) is 16.2. The van der Waals surface area contributed by atoms with Crippen molar-refractivity contribution >= 4 is 29.6 Å². The van der Waals surface area contributed by atoms with Gasteiger partial charge in [-0.2, -0.15) is 0 Å². The van der Waals surface area contributed by atoms with E-state index in [1.54, 1.807) is 28.9 Å². The SMILES string of the molecule is O=C(N[C@H]1C(=O)N/[N+](=C\c2ccccc2)[C@@H]1c1ccccc1)c1ccc(Cl)cc1. The fourth-order valence-electron chi connectivity index (χ4n) is 3.36. The molecule has 29 heavy (non-hydrogen) atoms. The average Bonchev–Trinajstić information content (AvgIpc) is 3.04. The highest BCUT2D eigenvalue weighted by Gasteiger charge is 2.47. The minimum Gasteiger partial charge on any atom is -0.334 e. The van der Waals surface area contributed by atoms with Crippen molar-refractivity contribution in [2.24, 2.45) is 0 Å². The molecule has 0 aromatic heterocycles. The number of benzene rings is 3. The van der Waals surface area contributed by atoms with Crippen LogP contribution in [0.5, 0.6) is 0 Å². The van der Waals surface area contributed by atoms with Crippen LogP contribution in [0.3, 0.4) is 0 Å². The second kappa shape index (κ2) is 8.29. The lowest BCUT2D eigenvalue weighted by molar-refractivity contribution is -0.596. The molecule has 2 amide bonds. The summed E-state index contributed by atoms with van der Waals surface area (Å²) in [6, 6.07) is 24.8. The summed E-state index contributed by atoms with van der Waals surface area (Å²) >= 11 is 5.90. The third-order valence-electron chi connectivity index (χ3n) is 4.76. The highest BCUT2D eigenvalue weighted by molar-refractivity contribution is 6.30. The normalized spacial score (nSPS) is 19.8. The minimum absolute atomic E-state index is 0.270. The Bertz CT molecular complexity index is 1050. The lowest BCUT2D eigenvalue weighted by atomic mass is 10.00. The Balaban J connectivity index is 1.68. The van der Waals surface area contributed by atoms with Gasteiger partial charge in [-0.1, -0.05) is 60.1 Å². The predicted molar refractivity (Wildman–Crippen MR) is 112 cm³/mol. The van der Waals surface area contributed by atoms with Gasteiger partial charge in [0.15, 0.2) is 6.04 Å². The molecule has 0 spiro atoms. The molecule has 3 aromatic rings. The molecule has 2 atom stereocenters. The summed E-state index contributed by atoms with van der Waals surface area (Å²) in [6.07, 6.45) is 1.87. The van der Waals surface area contributed by atoms with Crippen molar-refractivity contribution < 1.29 is 14.3 Å². The molecule has 144 valence electrons. The first-order valence-corrected chi connectivity index (χ1v) is 9.60. The summed E-state index contributed by atoms with van der Waals surface area (Å²) in [5.41, 5.74) is 5.17. The summed E-state index contributed by atoms with van der Waals surface area (Å²) < 4.78 is 1.75. The Hall–Kier alpha value is -3.44. The molecule has 0 aliphatic carbocycles. The van der Waals surface area contributed by atoms with E-state index in [0.29, 0.717) is 10.6 Å². The first-order valence-electron chi connectivity index (χ1n) is 9.22. The fraction of sp³-hybridized carbons (Fsp3) is 0.0870. The molecule has 1 aliphatic heterocycles. The van der Waals surface area contributed by atoms with Crippen molar-refractivity contribution in [3.63, 3.8) is 0 Å². The van der Waals surface area contributed by atoms with Crippen LogP contribution in [0.1, 0.15) is 27.5 Å². The molecule has 6 heteroatoms. The van der Waals surface area contributed by atoms with Crippen molar-refractivity contribution in [2.75, 3.05) is 0 Å². The molecule has 1 saturated heterocycles. The molecule has 5 nitrogen and oxygen atoms in total. The second-order valence-electron chi connectivity index (χ2n) is 6.74. The van der Waals surface area contributed by atoms with Gasteiger partial charge in [-0.15, -0.1) is 10.1 Å². The summed E-state index contributed by atoms with van der Waals surface area (Å²) in [6.45, 7) is 0. The summed E-state index contributed by atoms with van der Waals surface area (Å²) in [4.78, 5) is 25.5. The molecule has 0 unspecified atom stereocenters. The standard InChI is InChI=1S/C23H18ClN3O2/c24-19-13-11-18(12-14-19)22(28)25-20-21(17-9-5-2-6-10-17)27(26-23(20)29)15-16-7-3-1-4-8-16/h1-15,20-21H,(H-,25,26,28,29)/p+1/b27-15-/t20-,21-/m1/s1. The molecule has 1 aliphatic rings. The maximum absolute atomic E-state index is 12.8. The van der Waals surface area contributed by atoms with E-state index >= 15 is 0 Å². The number of rotatable bonds is 4. The van der Waals surface area contributed by atoms with Gasteiger partial charge >= 0.3 is 5.91 Å². The quantitative estimate of drug-likeness (QED) is 0.655. The van der Waals surface area contributed by atoms with Crippen LogP contribution in [0.15, 0.2) is 84.9 Å². The van der Waals surface area contributed by atoms with Crippen molar-refractivity contribution in [3.05, 3.63) is 107 Å². The largest absolute Gasteiger partial charge is 0.334 e. The van der Waals surface area contributed by atoms with Crippen molar-refractivity contribution in [2.45, 2.75) is 12.1 Å². The van der Waals surface area contributed by atoms with Crippen LogP contribution in [0, 0.1) is 0 Å².